The third kappa shape index (κ3) is 6.00. The minimum absolute atomic E-state index is 0.0301. The molecule has 1 unspecified atom stereocenters. The van der Waals surface area contributed by atoms with Gasteiger partial charge in [0, 0.05) is 15.7 Å². The van der Waals surface area contributed by atoms with Crippen LogP contribution in [0.15, 0.2) is 46.9 Å². The second kappa shape index (κ2) is 12.2. The summed E-state index contributed by atoms with van der Waals surface area (Å²) in [5.74, 6) is -1.13. The van der Waals surface area contributed by atoms with Gasteiger partial charge in [0.1, 0.15) is 0 Å². The van der Waals surface area contributed by atoms with Gasteiger partial charge in [0.15, 0.2) is 18.2 Å². The van der Waals surface area contributed by atoms with Crippen LogP contribution in [0.1, 0.15) is 136 Å². The number of hydrogen-bond acceptors (Lipinski definition) is 3. The van der Waals surface area contributed by atoms with Gasteiger partial charge >= 0.3 is 0 Å². The van der Waals surface area contributed by atoms with Gasteiger partial charge in [0.2, 0.25) is 0 Å². The third-order valence-electron chi connectivity index (χ3n) is 14.3. The zero-order valence-electron chi connectivity index (χ0n) is 36.6. The molecule has 0 bridgehead atoms. The van der Waals surface area contributed by atoms with Crippen molar-refractivity contribution >= 4 is 18.2 Å². The van der Waals surface area contributed by atoms with Crippen molar-refractivity contribution in [2.75, 3.05) is 0 Å². The molecule has 1 aromatic rings. The second-order valence-corrected chi connectivity index (χ2v) is 24.8. The van der Waals surface area contributed by atoms with Gasteiger partial charge in [-0.1, -0.05) is 85.1 Å². The lowest BCUT2D eigenvalue weighted by Gasteiger charge is -2.59. The molecule has 3 nitrogen and oxygen atoms in total. The molecular formula is C40H66O3SSi. The molecule has 0 N–H and O–H groups in total. The number of sulfone groups is 1. The third-order valence-corrected chi connectivity index (χ3v) is 21.4. The number of rotatable bonds is 9. The van der Waals surface area contributed by atoms with Crippen LogP contribution in [0, 0.1) is 46.3 Å². The summed E-state index contributed by atoms with van der Waals surface area (Å²) < 4.78 is 92.3. The molecule has 5 heteroatoms. The Morgan fingerprint density at radius 1 is 1.02 bits per heavy atom. The normalized spacial score (nSPS) is 39.1. The second-order valence-electron chi connectivity index (χ2n) is 17.7. The van der Waals surface area contributed by atoms with E-state index in [2.05, 4.69) is 60.7 Å². The summed E-state index contributed by atoms with van der Waals surface area (Å²) in [5, 5.41) is 0.188. The Balaban J connectivity index is 1.38. The average Bonchev–Trinajstić information content (AvgIpc) is 3.39. The van der Waals surface area contributed by atoms with E-state index in [4.69, 9.17) is 12.7 Å². The maximum atomic E-state index is 14.4. The van der Waals surface area contributed by atoms with Crippen LogP contribution in [0.2, 0.25) is 18.1 Å². The van der Waals surface area contributed by atoms with Crippen LogP contribution in [0.5, 0.6) is 0 Å². The number of fused-ring (bicyclic) bond motifs is 5. The summed E-state index contributed by atoms with van der Waals surface area (Å²) >= 11 is 0. The standard InChI is InChI=1S/C40H66O3SSi/c1-28(2)40(9,44(41,42)32-15-13-12-14-16-32)26-21-29(3)34-19-20-35-33-18-17-30-27-31(43-45(10,11)37(4,5)6)22-24-38(30,7)36(33)23-25-39(34,35)8/h12-17,28-29,31,33-36H,18-27H2,1-11H3/t29-,31+,33+,34-,35+,36+,38+,39-,40?/m1/s1/i1D3,2D3,28D. The molecule has 0 spiro atoms. The molecule has 5 rings (SSSR count). The van der Waals surface area contributed by atoms with E-state index in [9.17, 15) is 9.79 Å². The Kier molecular flexibility index (Phi) is 7.31. The van der Waals surface area contributed by atoms with Crippen molar-refractivity contribution in [2.45, 2.75) is 160 Å². The van der Waals surface area contributed by atoms with Crippen molar-refractivity contribution in [3.63, 3.8) is 0 Å². The number of benzene rings is 1. The van der Waals surface area contributed by atoms with E-state index in [1.165, 1.54) is 25.5 Å². The Morgan fingerprint density at radius 2 is 1.71 bits per heavy atom. The fraction of sp³-hybridized carbons (Fsp3) is 0.800. The molecule has 4 aliphatic carbocycles. The van der Waals surface area contributed by atoms with Crippen LogP contribution in [-0.2, 0) is 14.3 Å². The lowest BCUT2D eigenvalue weighted by atomic mass is 9.47. The van der Waals surface area contributed by atoms with E-state index >= 15 is 0 Å². The van der Waals surface area contributed by atoms with Gasteiger partial charge in [-0.15, -0.1) is 0 Å². The minimum Gasteiger partial charge on any atom is -0.414 e. The van der Waals surface area contributed by atoms with Gasteiger partial charge in [0.05, 0.1) is 9.64 Å². The SMILES string of the molecule is [2H]C([2H])([2H])C([2H])(C([2H])([2H])[2H])C(C)(CC[C@@H](C)[C@H]1CC[C@H]2[C@@H]3CC=C4C[C@@H](O[Si](C)(C)C(C)(C)C)CC[C@]4(C)[C@H]3CC[C@]12C)S(=O)(=O)c1ccccc1. The van der Waals surface area contributed by atoms with Gasteiger partial charge in [-0.25, -0.2) is 8.42 Å². The number of allylic oxidation sites excluding steroid dienone is 1. The van der Waals surface area contributed by atoms with Gasteiger partial charge in [0.25, 0.3) is 0 Å². The summed E-state index contributed by atoms with van der Waals surface area (Å²) in [5.41, 5.74) is 1.86. The summed E-state index contributed by atoms with van der Waals surface area (Å²) in [7, 11) is -6.42. The van der Waals surface area contributed by atoms with Crippen LogP contribution in [0.25, 0.3) is 0 Å². The molecule has 0 saturated heterocycles. The molecule has 0 amide bonds. The highest BCUT2D eigenvalue weighted by Crippen LogP contribution is 2.67. The van der Waals surface area contributed by atoms with Crippen LogP contribution >= 0.6 is 0 Å². The van der Waals surface area contributed by atoms with Gasteiger partial charge in [-0.05, 0) is 148 Å². The van der Waals surface area contributed by atoms with E-state index in [0.29, 0.717) is 36.2 Å². The van der Waals surface area contributed by atoms with E-state index in [-0.39, 0.29) is 33.1 Å². The molecule has 0 radical (unpaired) electrons. The lowest BCUT2D eigenvalue weighted by Crippen LogP contribution is -2.52. The Morgan fingerprint density at radius 3 is 2.36 bits per heavy atom. The molecule has 1 aromatic carbocycles. The van der Waals surface area contributed by atoms with E-state index in [0.717, 1.165) is 44.9 Å². The molecule has 254 valence electrons. The Hall–Kier alpha value is -0.913. The van der Waals surface area contributed by atoms with Crippen LogP contribution in [0.3, 0.4) is 0 Å². The molecule has 0 heterocycles. The summed E-state index contributed by atoms with van der Waals surface area (Å²) in [6, 6.07) is 7.48. The molecule has 0 aliphatic heterocycles. The van der Waals surface area contributed by atoms with Crippen LogP contribution < -0.4 is 0 Å². The first-order valence-electron chi connectivity index (χ1n) is 21.3. The highest BCUT2D eigenvalue weighted by atomic mass is 32.2. The first-order chi connectivity index (χ1) is 23.6. The van der Waals surface area contributed by atoms with Crippen molar-refractivity contribution < 1.29 is 22.4 Å². The van der Waals surface area contributed by atoms with Crippen molar-refractivity contribution in [1.29, 1.82) is 0 Å². The van der Waals surface area contributed by atoms with Crippen LogP contribution in [-0.4, -0.2) is 27.6 Å². The van der Waals surface area contributed by atoms with Gasteiger partial charge in [-0.3, -0.25) is 0 Å². The maximum absolute atomic E-state index is 14.4. The van der Waals surface area contributed by atoms with E-state index < -0.39 is 42.5 Å². The van der Waals surface area contributed by atoms with Gasteiger partial charge < -0.3 is 4.43 Å². The fourth-order valence-electron chi connectivity index (χ4n) is 10.3. The molecule has 9 atom stereocenters. The molecular weight excluding hydrogens is 589 g/mol. The lowest BCUT2D eigenvalue weighted by molar-refractivity contribution is -0.0566. The largest absolute Gasteiger partial charge is 0.414 e. The first kappa shape index (κ1) is 27.0. The highest BCUT2D eigenvalue weighted by Gasteiger charge is 2.59. The van der Waals surface area contributed by atoms with Crippen molar-refractivity contribution in [1.82, 2.24) is 0 Å². The van der Waals surface area contributed by atoms with E-state index in [1.54, 1.807) is 23.8 Å². The summed E-state index contributed by atoms with van der Waals surface area (Å²) in [4.78, 5) is -0.153. The van der Waals surface area contributed by atoms with Crippen molar-refractivity contribution in [3.05, 3.63) is 42.0 Å². The molecule has 3 fully saturated rings. The predicted molar refractivity (Wildman–Crippen MR) is 193 cm³/mol. The average molecular weight is 662 g/mol. The maximum Gasteiger partial charge on any atom is 0.192 e. The summed E-state index contributed by atoms with van der Waals surface area (Å²) in [6.07, 6.45) is 11.8. The smallest absolute Gasteiger partial charge is 0.192 e. The molecule has 3 saturated carbocycles. The quantitative estimate of drug-likeness (QED) is 0.195. The zero-order chi connectivity index (χ0) is 39.1. The zero-order valence-corrected chi connectivity index (χ0v) is 31.4. The summed E-state index contributed by atoms with van der Waals surface area (Å²) in [6.45, 7) is 13.2. The van der Waals surface area contributed by atoms with Crippen molar-refractivity contribution in [2.24, 2.45) is 46.3 Å². The first-order valence-corrected chi connectivity index (χ1v) is 22.1. The Labute approximate surface area is 288 Å². The minimum atomic E-state index is -4.56. The molecule has 0 aromatic heterocycles. The molecule has 45 heavy (non-hydrogen) atoms. The van der Waals surface area contributed by atoms with E-state index in [1.807, 2.05) is 0 Å². The van der Waals surface area contributed by atoms with Gasteiger partial charge in [-0.2, -0.15) is 0 Å². The number of hydrogen-bond donors (Lipinski definition) is 0. The topological polar surface area (TPSA) is 43.4 Å². The monoisotopic (exact) mass is 661 g/mol. The fourth-order valence-corrected chi connectivity index (χ4v) is 13.3. The van der Waals surface area contributed by atoms with Crippen molar-refractivity contribution in [3.8, 4) is 0 Å². The predicted octanol–water partition coefficient (Wildman–Crippen LogP) is 11.3. The highest BCUT2D eigenvalue weighted by molar-refractivity contribution is 7.92. The molecule has 4 aliphatic rings. The van der Waals surface area contributed by atoms with Crippen LogP contribution in [0.4, 0.5) is 0 Å². The Bertz CT molecular complexity index is 1590.